The number of anilines is 1. The van der Waals surface area contributed by atoms with Gasteiger partial charge in [0.1, 0.15) is 11.1 Å². The van der Waals surface area contributed by atoms with Gasteiger partial charge in [0.05, 0.1) is 11.3 Å². The standard InChI is InChI=1S/C28H21N3O3S/c29-17-23-22(19-7-3-1-4-8-19)16-24(20-9-5-2-6-10-20)31-28(23)35-14-13-27(32)30-21-11-12-25-26(15-21)34-18-33-25/h1-12,15-16H,13-14,18H2,(H,30,32). The van der Waals surface area contributed by atoms with E-state index in [2.05, 4.69) is 11.4 Å². The maximum atomic E-state index is 12.6. The Morgan fingerprint density at radius 2 is 1.66 bits per heavy atom. The van der Waals surface area contributed by atoms with Crippen LogP contribution in [0.1, 0.15) is 12.0 Å². The summed E-state index contributed by atoms with van der Waals surface area (Å²) in [7, 11) is 0. The lowest BCUT2D eigenvalue weighted by molar-refractivity contribution is -0.115. The highest BCUT2D eigenvalue weighted by molar-refractivity contribution is 7.99. The van der Waals surface area contributed by atoms with Gasteiger partial charge in [-0.25, -0.2) is 4.98 Å². The Morgan fingerprint density at radius 3 is 2.40 bits per heavy atom. The maximum absolute atomic E-state index is 12.6. The Labute approximate surface area is 207 Å². The molecule has 1 aliphatic rings. The van der Waals surface area contributed by atoms with Crippen molar-refractivity contribution in [2.75, 3.05) is 17.9 Å². The number of carbonyl (C=O) groups is 1. The smallest absolute Gasteiger partial charge is 0.231 e. The number of nitrogens with zero attached hydrogens (tertiary/aromatic N) is 2. The summed E-state index contributed by atoms with van der Waals surface area (Å²) < 4.78 is 10.7. The second kappa shape index (κ2) is 10.3. The third-order valence-electron chi connectivity index (χ3n) is 5.48. The summed E-state index contributed by atoms with van der Waals surface area (Å²) in [4.78, 5) is 17.4. The van der Waals surface area contributed by atoms with E-state index in [9.17, 15) is 10.1 Å². The van der Waals surface area contributed by atoms with Crippen molar-refractivity contribution in [1.29, 1.82) is 5.26 Å². The minimum absolute atomic E-state index is 0.127. The molecule has 3 aromatic carbocycles. The van der Waals surface area contributed by atoms with Crippen molar-refractivity contribution in [2.24, 2.45) is 0 Å². The van der Waals surface area contributed by atoms with Crippen LogP contribution in [0.3, 0.4) is 0 Å². The molecule has 172 valence electrons. The normalized spacial score (nSPS) is 11.6. The van der Waals surface area contributed by atoms with Gasteiger partial charge in [0.2, 0.25) is 12.7 Å². The van der Waals surface area contributed by atoms with Crippen molar-refractivity contribution >= 4 is 23.4 Å². The molecule has 1 aromatic heterocycles. The first kappa shape index (κ1) is 22.5. The first-order valence-electron chi connectivity index (χ1n) is 11.1. The Kier molecular flexibility index (Phi) is 6.64. The SMILES string of the molecule is N#Cc1c(-c2ccccc2)cc(-c2ccccc2)nc1SCCC(=O)Nc1ccc2c(c1)OCO2. The van der Waals surface area contributed by atoms with Gasteiger partial charge >= 0.3 is 0 Å². The molecule has 7 heteroatoms. The molecule has 0 unspecified atom stereocenters. The van der Waals surface area contributed by atoms with Crippen LogP contribution in [0.2, 0.25) is 0 Å². The zero-order chi connectivity index (χ0) is 24.0. The molecule has 4 aromatic rings. The Morgan fingerprint density at radius 1 is 0.943 bits per heavy atom. The summed E-state index contributed by atoms with van der Waals surface area (Å²) in [5.41, 5.74) is 4.70. The van der Waals surface area contributed by atoms with Gasteiger partial charge in [-0.3, -0.25) is 4.79 Å². The summed E-state index contributed by atoms with van der Waals surface area (Å²) in [6, 6.07) is 29.3. The molecule has 1 N–H and O–H groups in total. The number of rotatable bonds is 7. The van der Waals surface area contributed by atoms with E-state index in [-0.39, 0.29) is 19.1 Å². The van der Waals surface area contributed by atoms with E-state index in [0.29, 0.717) is 33.5 Å². The quantitative estimate of drug-likeness (QED) is 0.321. The number of nitriles is 1. The molecule has 6 nitrogen and oxygen atoms in total. The molecule has 1 amide bonds. The number of hydrogen-bond acceptors (Lipinski definition) is 6. The van der Waals surface area contributed by atoms with Crippen LogP contribution in [0, 0.1) is 11.3 Å². The number of pyridine rings is 1. The molecule has 0 spiro atoms. The zero-order valence-electron chi connectivity index (χ0n) is 18.7. The van der Waals surface area contributed by atoms with Crippen LogP contribution in [-0.4, -0.2) is 23.4 Å². The minimum atomic E-state index is -0.127. The number of thioether (sulfide) groups is 1. The van der Waals surface area contributed by atoms with E-state index in [1.54, 1.807) is 18.2 Å². The Bertz CT molecular complexity index is 1400. The first-order chi connectivity index (χ1) is 17.2. The summed E-state index contributed by atoms with van der Waals surface area (Å²) >= 11 is 1.41. The zero-order valence-corrected chi connectivity index (χ0v) is 19.5. The lowest BCUT2D eigenvalue weighted by Crippen LogP contribution is -2.12. The van der Waals surface area contributed by atoms with Gasteiger partial charge in [-0.2, -0.15) is 5.26 Å². The third-order valence-corrected chi connectivity index (χ3v) is 6.45. The molecule has 0 aliphatic carbocycles. The predicted molar refractivity (Wildman–Crippen MR) is 136 cm³/mol. The molecule has 0 fully saturated rings. The number of carbonyl (C=O) groups excluding carboxylic acids is 1. The summed E-state index contributed by atoms with van der Waals surface area (Å²) in [5, 5.41) is 13.5. The minimum Gasteiger partial charge on any atom is -0.454 e. The lowest BCUT2D eigenvalue weighted by Gasteiger charge is -2.13. The third kappa shape index (κ3) is 5.13. The van der Waals surface area contributed by atoms with Crippen molar-refractivity contribution in [3.8, 4) is 40.0 Å². The van der Waals surface area contributed by atoms with Gasteiger partial charge in [0.15, 0.2) is 11.5 Å². The largest absolute Gasteiger partial charge is 0.454 e. The monoisotopic (exact) mass is 479 g/mol. The highest BCUT2D eigenvalue weighted by Crippen LogP contribution is 2.35. The highest BCUT2D eigenvalue weighted by Gasteiger charge is 2.17. The van der Waals surface area contributed by atoms with Crippen molar-refractivity contribution in [1.82, 2.24) is 4.98 Å². The maximum Gasteiger partial charge on any atom is 0.231 e. The summed E-state index contributed by atoms with van der Waals surface area (Å²) in [6.45, 7) is 0.185. The second-order valence-electron chi connectivity index (χ2n) is 7.79. The molecule has 5 rings (SSSR count). The van der Waals surface area contributed by atoms with Crippen molar-refractivity contribution in [3.63, 3.8) is 0 Å². The molecule has 0 atom stereocenters. The molecule has 0 saturated carbocycles. The van der Waals surface area contributed by atoms with E-state index in [4.69, 9.17) is 14.5 Å². The predicted octanol–water partition coefficient (Wildman–Crippen LogP) is 6.14. The topological polar surface area (TPSA) is 84.2 Å². The van der Waals surface area contributed by atoms with Crippen molar-refractivity contribution in [2.45, 2.75) is 11.4 Å². The van der Waals surface area contributed by atoms with Crippen molar-refractivity contribution in [3.05, 3.63) is 90.5 Å². The molecule has 1 aliphatic heterocycles. The summed E-state index contributed by atoms with van der Waals surface area (Å²) in [5.74, 6) is 1.63. The van der Waals surface area contributed by atoms with Crippen LogP contribution in [0.25, 0.3) is 22.4 Å². The Hall–Kier alpha value is -4.28. The van der Waals surface area contributed by atoms with Crippen LogP contribution in [0.15, 0.2) is 90.0 Å². The number of fused-ring (bicyclic) bond motifs is 1. The second-order valence-corrected chi connectivity index (χ2v) is 8.88. The van der Waals surface area contributed by atoms with Gasteiger partial charge < -0.3 is 14.8 Å². The van der Waals surface area contributed by atoms with Crippen molar-refractivity contribution < 1.29 is 14.3 Å². The molecule has 0 radical (unpaired) electrons. The Balaban J connectivity index is 1.35. The van der Waals surface area contributed by atoms with Gasteiger partial charge in [-0.05, 0) is 23.8 Å². The fourth-order valence-corrected chi connectivity index (χ4v) is 4.72. The molecule has 35 heavy (non-hydrogen) atoms. The van der Waals surface area contributed by atoms with E-state index < -0.39 is 0 Å². The van der Waals surface area contributed by atoms with Crippen LogP contribution in [0.5, 0.6) is 11.5 Å². The number of aromatic nitrogens is 1. The molecule has 2 heterocycles. The van der Waals surface area contributed by atoms with Gasteiger partial charge in [-0.15, -0.1) is 11.8 Å². The van der Waals surface area contributed by atoms with Gasteiger partial charge in [0, 0.05) is 35.1 Å². The van der Waals surface area contributed by atoms with E-state index in [1.165, 1.54) is 11.8 Å². The van der Waals surface area contributed by atoms with E-state index >= 15 is 0 Å². The van der Waals surface area contributed by atoms with Gasteiger partial charge in [-0.1, -0.05) is 60.7 Å². The molecule has 0 bridgehead atoms. The number of nitrogens with one attached hydrogen (secondary N) is 1. The molecular formula is C28H21N3O3S. The number of benzene rings is 3. The van der Waals surface area contributed by atoms with Crippen LogP contribution >= 0.6 is 11.8 Å². The first-order valence-corrected chi connectivity index (χ1v) is 12.1. The van der Waals surface area contributed by atoms with Gasteiger partial charge in [0.25, 0.3) is 0 Å². The number of hydrogen-bond donors (Lipinski definition) is 1. The average molecular weight is 480 g/mol. The van der Waals surface area contributed by atoms with E-state index in [0.717, 1.165) is 22.4 Å². The lowest BCUT2D eigenvalue weighted by atomic mass is 9.99. The number of ether oxygens (including phenoxy) is 2. The highest BCUT2D eigenvalue weighted by atomic mass is 32.2. The average Bonchev–Trinajstić information content (AvgIpc) is 3.37. The fourth-order valence-electron chi connectivity index (χ4n) is 3.77. The summed E-state index contributed by atoms with van der Waals surface area (Å²) in [6.07, 6.45) is 0.266. The molecule has 0 saturated heterocycles. The number of amides is 1. The van der Waals surface area contributed by atoms with Crippen LogP contribution in [0.4, 0.5) is 5.69 Å². The molecular weight excluding hydrogens is 458 g/mol. The fraction of sp³-hybridized carbons (Fsp3) is 0.107. The van der Waals surface area contributed by atoms with Crippen LogP contribution in [-0.2, 0) is 4.79 Å². The van der Waals surface area contributed by atoms with E-state index in [1.807, 2.05) is 66.7 Å². The van der Waals surface area contributed by atoms with Crippen LogP contribution < -0.4 is 14.8 Å².